The van der Waals surface area contributed by atoms with Gasteiger partial charge < -0.3 is 4.90 Å². The number of Topliss-reactive ketones (excluding diaryl/α,β-unsaturated/α-hetero) is 1. The molecule has 0 saturated heterocycles. The molecular weight excluding hydrogens is 266 g/mol. The van der Waals surface area contributed by atoms with Crippen molar-refractivity contribution >= 4 is 17.5 Å². The molecule has 1 aliphatic carbocycles. The van der Waals surface area contributed by atoms with Gasteiger partial charge in [-0.1, -0.05) is 27.7 Å². The first kappa shape index (κ1) is 18.0. The van der Waals surface area contributed by atoms with Gasteiger partial charge in [-0.2, -0.15) is 11.8 Å². The van der Waals surface area contributed by atoms with Crippen LogP contribution in [-0.2, 0) is 4.79 Å². The molecule has 3 heteroatoms. The largest absolute Gasteiger partial charge is 0.302 e. The molecule has 0 aromatic heterocycles. The van der Waals surface area contributed by atoms with E-state index >= 15 is 0 Å². The van der Waals surface area contributed by atoms with Crippen LogP contribution in [0.4, 0.5) is 0 Å². The van der Waals surface area contributed by atoms with Crippen LogP contribution in [0, 0.1) is 17.3 Å². The fourth-order valence-corrected chi connectivity index (χ4v) is 4.20. The van der Waals surface area contributed by atoms with Crippen molar-refractivity contribution in [1.82, 2.24) is 4.90 Å². The first-order chi connectivity index (χ1) is 9.29. The second kappa shape index (κ2) is 7.84. The van der Waals surface area contributed by atoms with Crippen LogP contribution in [0.1, 0.15) is 53.4 Å². The summed E-state index contributed by atoms with van der Waals surface area (Å²) >= 11 is 1.90. The van der Waals surface area contributed by atoms with Gasteiger partial charge in [0, 0.05) is 30.7 Å². The van der Waals surface area contributed by atoms with Gasteiger partial charge in [0.1, 0.15) is 5.78 Å². The smallest absolute Gasteiger partial charge is 0.137 e. The maximum Gasteiger partial charge on any atom is 0.137 e. The Labute approximate surface area is 130 Å². The molecular formula is C17H33NOS. The second-order valence-corrected chi connectivity index (χ2v) is 8.37. The van der Waals surface area contributed by atoms with E-state index in [2.05, 4.69) is 45.9 Å². The molecule has 3 atom stereocenters. The maximum absolute atomic E-state index is 12.2. The van der Waals surface area contributed by atoms with E-state index in [1.54, 1.807) is 0 Å². The van der Waals surface area contributed by atoms with Crippen molar-refractivity contribution in [2.24, 2.45) is 17.3 Å². The van der Waals surface area contributed by atoms with Crippen molar-refractivity contribution in [3.8, 4) is 0 Å². The highest BCUT2D eigenvalue weighted by Crippen LogP contribution is 2.39. The number of thioether (sulfide) groups is 1. The van der Waals surface area contributed by atoms with Gasteiger partial charge in [0.2, 0.25) is 0 Å². The molecule has 0 aromatic rings. The summed E-state index contributed by atoms with van der Waals surface area (Å²) in [4.78, 5) is 14.7. The lowest BCUT2D eigenvalue weighted by atomic mass is 9.68. The van der Waals surface area contributed by atoms with Gasteiger partial charge in [-0.15, -0.1) is 0 Å². The third-order valence-electron chi connectivity index (χ3n) is 4.95. The Bertz CT molecular complexity index is 311. The van der Waals surface area contributed by atoms with E-state index in [0.717, 1.165) is 31.6 Å². The summed E-state index contributed by atoms with van der Waals surface area (Å²) in [5.74, 6) is 2.61. The SMILES string of the molecule is CCC(CSC)N(C)CC1CC(C(C)(C)C)CCC1=O. The highest BCUT2D eigenvalue weighted by molar-refractivity contribution is 7.98. The highest BCUT2D eigenvalue weighted by Gasteiger charge is 2.35. The number of rotatable bonds is 6. The molecule has 0 aromatic carbocycles. The van der Waals surface area contributed by atoms with Gasteiger partial charge in [0.25, 0.3) is 0 Å². The van der Waals surface area contributed by atoms with Gasteiger partial charge in [0.15, 0.2) is 0 Å². The number of hydrogen-bond acceptors (Lipinski definition) is 3. The van der Waals surface area contributed by atoms with E-state index < -0.39 is 0 Å². The highest BCUT2D eigenvalue weighted by atomic mass is 32.2. The van der Waals surface area contributed by atoms with Crippen LogP contribution in [-0.4, -0.2) is 42.3 Å². The molecule has 1 fully saturated rings. The molecule has 118 valence electrons. The zero-order chi connectivity index (χ0) is 15.3. The summed E-state index contributed by atoms with van der Waals surface area (Å²) in [6.07, 6.45) is 6.30. The average molecular weight is 300 g/mol. The molecule has 0 radical (unpaired) electrons. The third kappa shape index (κ3) is 5.07. The van der Waals surface area contributed by atoms with Crippen LogP contribution >= 0.6 is 11.8 Å². The fourth-order valence-electron chi connectivity index (χ4n) is 3.32. The van der Waals surface area contributed by atoms with E-state index in [4.69, 9.17) is 0 Å². The molecule has 1 rings (SSSR count). The molecule has 0 heterocycles. The molecule has 1 aliphatic rings. The van der Waals surface area contributed by atoms with Gasteiger partial charge in [-0.25, -0.2) is 0 Å². The molecule has 0 aliphatic heterocycles. The van der Waals surface area contributed by atoms with Crippen LogP contribution in [0.2, 0.25) is 0 Å². The zero-order valence-electron chi connectivity index (χ0n) is 14.2. The van der Waals surface area contributed by atoms with E-state index in [1.807, 2.05) is 11.8 Å². The Morgan fingerprint density at radius 1 is 1.40 bits per heavy atom. The van der Waals surface area contributed by atoms with Gasteiger partial charge in [-0.05, 0) is 43.9 Å². The number of nitrogens with zero attached hydrogens (tertiary/aromatic N) is 1. The molecule has 3 unspecified atom stereocenters. The molecule has 0 spiro atoms. The topological polar surface area (TPSA) is 20.3 Å². The molecule has 0 N–H and O–H groups in total. The minimum Gasteiger partial charge on any atom is -0.302 e. The summed E-state index contributed by atoms with van der Waals surface area (Å²) in [5.41, 5.74) is 0.334. The Balaban J connectivity index is 2.62. The van der Waals surface area contributed by atoms with Gasteiger partial charge in [0.05, 0.1) is 0 Å². The predicted molar refractivity (Wildman–Crippen MR) is 90.4 cm³/mol. The Morgan fingerprint density at radius 3 is 2.55 bits per heavy atom. The second-order valence-electron chi connectivity index (χ2n) is 7.46. The standard InChI is InChI=1S/C17H33NOS/c1-7-15(12-20-6)18(5)11-13-10-14(17(2,3)4)8-9-16(13)19/h13-15H,7-12H2,1-6H3. The quantitative estimate of drug-likeness (QED) is 0.737. The van der Waals surface area contributed by atoms with Crippen molar-refractivity contribution in [3.63, 3.8) is 0 Å². The van der Waals surface area contributed by atoms with Crippen molar-refractivity contribution in [3.05, 3.63) is 0 Å². The van der Waals surface area contributed by atoms with E-state index in [1.165, 1.54) is 6.42 Å². The number of carbonyl (C=O) groups is 1. The van der Waals surface area contributed by atoms with Crippen molar-refractivity contribution in [2.75, 3.05) is 25.6 Å². The van der Waals surface area contributed by atoms with Gasteiger partial charge >= 0.3 is 0 Å². The average Bonchev–Trinajstić information content (AvgIpc) is 2.37. The van der Waals surface area contributed by atoms with Crippen LogP contribution in [0.5, 0.6) is 0 Å². The van der Waals surface area contributed by atoms with Crippen molar-refractivity contribution in [1.29, 1.82) is 0 Å². The van der Waals surface area contributed by atoms with E-state index in [-0.39, 0.29) is 5.92 Å². The van der Waals surface area contributed by atoms with Gasteiger partial charge in [-0.3, -0.25) is 4.79 Å². The normalized spacial score (nSPS) is 26.1. The molecule has 2 nitrogen and oxygen atoms in total. The Hall–Kier alpha value is -0.0200. The monoisotopic (exact) mass is 299 g/mol. The Morgan fingerprint density at radius 2 is 2.05 bits per heavy atom. The minimum absolute atomic E-state index is 0.258. The fraction of sp³-hybridized carbons (Fsp3) is 0.941. The Kier molecular flexibility index (Phi) is 7.07. The van der Waals surface area contributed by atoms with Crippen molar-refractivity contribution < 1.29 is 4.79 Å². The van der Waals surface area contributed by atoms with Crippen molar-refractivity contribution in [2.45, 2.75) is 59.4 Å². The van der Waals surface area contributed by atoms with Crippen LogP contribution in [0.15, 0.2) is 0 Å². The lowest BCUT2D eigenvalue weighted by Crippen LogP contribution is -2.42. The third-order valence-corrected chi connectivity index (χ3v) is 5.67. The summed E-state index contributed by atoms with van der Waals surface area (Å²) in [6.45, 7) is 10.1. The molecule has 20 heavy (non-hydrogen) atoms. The number of ketones is 1. The molecule has 1 saturated carbocycles. The van der Waals surface area contributed by atoms with E-state index in [0.29, 0.717) is 23.2 Å². The lowest BCUT2D eigenvalue weighted by molar-refractivity contribution is -0.127. The summed E-state index contributed by atoms with van der Waals surface area (Å²) < 4.78 is 0. The van der Waals surface area contributed by atoms with Crippen LogP contribution < -0.4 is 0 Å². The minimum atomic E-state index is 0.258. The zero-order valence-corrected chi connectivity index (χ0v) is 15.1. The summed E-state index contributed by atoms with van der Waals surface area (Å²) in [5, 5.41) is 0. The first-order valence-electron chi connectivity index (χ1n) is 8.01. The first-order valence-corrected chi connectivity index (χ1v) is 9.40. The maximum atomic E-state index is 12.2. The number of hydrogen-bond donors (Lipinski definition) is 0. The molecule has 0 bridgehead atoms. The lowest BCUT2D eigenvalue weighted by Gasteiger charge is -2.39. The predicted octanol–water partition coefficient (Wildman–Crippen LogP) is 4.09. The summed E-state index contributed by atoms with van der Waals surface area (Å²) in [6, 6.07) is 0.604. The van der Waals surface area contributed by atoms with Crippen LogP contribution in [0.25, 0.3) is 0 Å². The molecule has 0 amide bonds. The van der Waals surface area contributed by atoms with Crippen LogP contribution in [0.3, 0.4) is 0 Å². The summed E-state index contributed by atoms with van der Waals surface area (Å²) in [7, 11) is 2.19. The number of carbonyl (C=O) groups excluding carboxylic acids is 1. The van der Waals surface area contributed by atoms with E-state index in [9.17, 15) is 4.79 Å².